The van der Waals surface area contributed by atoms with E-state index in [4.69, 9.17) is 4.74 Å². The molecule has 122 valence electrons. The quantitative estimate of drug-likeness (QED) is 0.563. The third-order valence-electron chi connectivity index (χ3n) is 3.30. The number of urea groups is 1. The molecule has 0 unspecified atom stereocenters. The normalized spacial score (nSPS) is 10.2. The van der Waals surface area contributed by atoms with Crippen molar-refractivity contribution in [3.05, 3.63) is 53.6 Å². The summed E-state index contributed by atoms with van der Waals surface area (Å²) in [6.07, 6.45) is 0.696. The van der Waals surface area contributed by atoms with E-state index >= 15 is 0 Å². The van der Waals surface area contributed by atoms with E-state index in [-0.39, 0.29) is 11.8 Å². The van der Waals surface area contributed by atoms with Gasteiger partial charge in [0.15, 0.2) is 0 Å². The van der Waals surface area contributed by atoms with Gasteiger partial charge in [0.05, 0.1) is 12.3 Å². The number of phenolic OH excluding ortho intramolecular Hbond substituents is 1. The van der Waals surface area contributed by atoms with Crippen molar-refractivity contribution in [1.29, 1.82) is 0 Å². The zero-order valence-corrected chi connectivity index (χ0v) is 13.4. The number of phenols is 1. The first-order valence-corrected chi connectivity index (χ1v) is 7.58. The average molecular weight is 314 g/mol. The topological polar surface area (TPSA) is 70.6 Å². The van der Waals surface area contributed by atoms with Gasteiger partial charge in [-0.3, -0.25) is 0 Å². The second-order valence-electron chi connectivity index (χ2n) is 5.42. The number of hydrogen-bond donors (Lipinski definition) is 3. The molecule has 3 N–H and O–H groups in total. The van der Waals surface area contributed by atoms with Gasteiger partial charge in [-0.25, -0.2) is 4.79 Å². The third kappa shape index (κ3) is 5.54. The molecule has 0 heterocycles. The fraction of sp³-hybridized carbons (Fsp3) is 0.278. The maximum absolute atomic E-state index is 11.7. The van der Waals surface area contributed by atoms with Gasteiger partial charge in [-0.2, -0.15) is 0 Å². The van der Waals surface area contributed by atoms with Crippen LogP contribution in [-0.2, 0) is 0 Å². The molecule has 23 heavy (non-hydrogen) atoms. The number of amides is 2. The van der Waals surface area contributed by atoms with Crippen molar-refractivity contribution in [3.63, 3.8) is 0 Å². The molecule has 0 bridgehead atoms. The van der Waals surface area contributed by atoms with Crippen LogP contribution >= 0.6 is 0 Å². The summed E-state index contributed by atoms with van der Waals surface area (Å²) >= 11 is 0. The van der Waals surface area contributed by atoms with E-state index in [1.807, 2.05) is 44.2 Å². The number of carbonyl (C=O) groups excluding carboxylic acids is 1. The average Bonchev–Trinajstić information content (AvgIpc) is 2.51. The molecule has 0 aromatic heterocycles. The summed E-state index contributed by atoms with van der Waals surface area (Å²) in [4.78, 5) is 11.7. The molecule has 0 aliphatic carbocycles. The second-order valence-corrected chi connectivity index (χ2v) is 5.42. The predicted molar refractivity (Wildman–Crippen MR) is 91.2 cm³/mol. The minimum absolute atomic E-state index is 0.0582. The summed E-state index contributed by atoms with van der Waals surface area (Å²) in [6, 6.07) is 12.6. The van der Waals surface area contributed by atoms with E-state index in [2.05, 4.69) is 10.6 Å². The van der Waals surface area contributed by atoms with E-state index in [1.54, 1.807) is 12.1 Å². The number of ether oxygens (including phenoxy) is 1. The Kier molecular flexibility index (Phi) is 5.86. The van der Waals surface area contributed by atoms with Gasteiger partial charge in [-0.1, -0.05) is 23.8 Å². The van der Waals surface area contributed by atoms with E-state index in [1.165, 1.54) is 5.56 Å². The van der Waals surface area contributed by atoms with Crippen molar-refractivity contribution in [1.82, 2.24) is 5.32 Å². The first-order chi connectivity index (χ1) is 11.0. The molecule has 0 radical (unpaired) electrons. The molecule has 0 fully saturated rings. The highest BCUT2D eigenvalue weighted by Crippen LogP contribution is 2.23. The highest BCUT2D eigenvalue weighted by atomic mass is 16.5. The number of benzene rings is 2. The molecule has 0 aliphatic rings. The largest absolute Gasteiger partial charge is 0.506 e. The van der Waals surface area contributed by atoms with Gasteiger partial charge in [-0.15, -0.1) is 0 Å². The Morgan fingerprint density at radius 2 is 1.78 bits per heavy atom. The molecule has 0 saturated heterocycles. The predicted octanol–water partition coefficient (Wildman–Crippen LogP) is 3.60. The van der Waals surface area contributed by atoms with Crippen LogP contribution in [0.5, 0.6) is 11.5 Å². The van der Waals surface area contributed by atoms with Gasteiger partial charge < -0.3 is 20.5 Å². The molecule has 2 amide bonds. The van der Waals surface area contributed by atoms with Crippen LogP contribution in [-0.4, -0.2) is 24.3 Å². The van der Waals surface area contributed by atoms with E-state index < -0.39 is 0 Å². The highest BCUT2D eigenvalue weighted by molar-refractivity contribution is 5.90. The maximum atomic E-state index is 11.7. The van der Waals surface area contributed by atoms with E-state index in [9.17, 15) is 9.90 Å². The van der Waals surface area contributed by atoms with Gasteiger partial charge in [0.1, 0.15) is 11.5 Å². The number of hydrogen-bond acceptors (Lipinski definition) is 3. The van der Waals surface area contributed by atoms with Crippen molar-refractivity contribution < 1.29 is 14.6 Å². The Labute approximate surface area is 136 Å². The molecule has 5 heteroatoms. The number of anilines is 1. The molecular weight excluding hydrogens is 292 g/mol. The van der Waals surface area contributed by atoms with Gasteiger partial charge >= 0.3 is 6.03 Å². The molecule has 0 saturated carbocycles. The Bertz CT molecular complexity index is 654. The molecule has 0 spiro atoms. The Morgan fingerprint density at radius 1 is 1.09 bits per heavy atom. The van der Waals surface area contributed by atoms with Crippen molar-refractivity contribution >= 4 is 11.7 Å². The number of aromatic hydroxyl groups is 1. The number of carbonyl (C=O) groups is 1. The standard InChI is InChI=1S/C18H22N2O3/c1-13-4-7-15(8-5-13)23-11-3-10-19-18(22)20-16-9-6-14(2)12-17(16)21/h4-9,12,21H,3,10-11H2,1-2H3,(H2,19,20,22). The highest BCUT2D eigenvalue weighted by Gasteiger charge is 2.05. The van der Waals surface area contributed by atoms with Crippen LogP contribution in [0.4, 0.5) is 10.5 Å². The van der Waals surface area contributed by atoms with Crippen LogP contribution in [0.15, 0.2) is 42.5 Å². The Balaban J connectivity index is 1.65. The number of aryl methyl sites for hydroxylation is 2. The fourth-order valence-corrected chi connectivity index (χ4v) is 2.01. The summed E-state index contributed by atoms with van der Waals surface area (Å²) in [7, 11) is 0. The number of nitrogens with one attached hydrogen (secondary N) is 2. The molecule has 5 nitrogen and oxygen atoms in total. The van der Waals surface area contributed by atoms with E-state index in [0.717, 1.165) is 11.3 Å². The summed E-state index contributed by atoms with van der Waals surface area (Å²) in [5.74, 6) is 0.882. The van der Waals surface area contributed by atoms with Gasteiger partial charge in [0, 0.05) is 6.54 Å². The SMILES string of the molecule is Cc1ccc(OCCCNC(=O)Nc2ccc(C)cc2O)cc1. The van der Waals surface area contributed by atoms with Crippen LogP contribution in [0.2, 0.25) is 0 Å². The van der Waals surface area contributed by atoms with Crippen LogP contribution in [0.25, 0.3) is 0 Å². The smallest absolute Gasteiger partial charge is 0.319 e. The second kappa shape index (κ2) is 8.08. The van der Waals surface area contributed by atoms with Crippen molar-refractivity contribution in [2.24, 2.45) is 0 Å². The lowest BCUT2D eigenvalue weighted by atomic mass is 10.2. The maximum Gasteiger partial charge on any atom is 0.319 e. The van der Waals surface area contributed by atoms with Crippen LogP contribution in [0.1, 0.15) is 17.5 Å². The van der Waals surface area contributed by atoms with Crippen molar-refractivity contribution in [2.75, 3.05) is 18.5 Å². The lowest BCUT2D eigenvalue weighted by Crippen LogP contribution is -2.30. The van der Waals surface area contributed by atoms with Crippen LogP contribution in [0, 0.1) is 13.8 Å². The Morgan fingerprint density at radius 3 is 2.48 bits per heavy atom. The zero-order valence-electron chi connectivity index (χ0n) is 13.4. The van der Waals surface area contributed by atoms with Crippen LogP contribution < -0.4 is 15.4 Å². The monoisotopic (exact) mass is 314 g/mol. The van der Waals surface area contributed by atoms with Crippen LogP contribution in [0.3, 0.4) is 0 Å². The van der Waals surface area contributed by atoms with Gasteiger partial charge in [0.25, 0.3) is 0 Å². The van der Waals surface area contributed by atoms with E-state index in [0.29, 0.717) is 25.3 Å². The third-order valence-corrected chi connectivity index (χ3v) is 3.30. The fourth-order valence-electron chi connectivity index (χ4n) is 2.01. The summed E-state index contributed by atoms with van der Waals surface area (Å²) < 4.78 is 5.58. The Hall–Kier alpha value is -2.69. The van der Waals surface area contributed by atoms with Crippen molar-refractivity contribution in [2.45, 2.75) is 20.3 Å². The summed E-state index contributed by atoms with van der Waals surface area (Å²) in [5, 5.41) is 15.1. The lowest BCUT2D eigenvalue weighted by Gasteiger charge is -2.10. The molecule has 2 aromatic carbocycles. The van der Waals surface area contributed by atoms with Gasteiger partial charge in [-0.05, 0) is 50.1 Å². The molecule has 2 rings (SSSR count). The minimum atomic E-state index is -0.348. The zero-order chi connectivity index (χ0) is 16.7. The van der Waals surface area contributed by atoms with Gasteiger partial charge in [0.2, 0.25) is 0 Å². The molecule has 0 atom stereocenters. The molecule has 0 aliphatic heterocycles. The molecular formula is C18H22N2O3. The van der Waals surface area contributed by atoms with Crippen molar-refractivity contribution in [3.8, 4) is 11.5 Å². The lowest BCUT2D eigenvalue weighted by molar-refractivity contribution is 0.250. The summed E-state index contributed by atoms with van der Waals surface area (Å²) in [5.41, 5.74) is 2.51. The first-order valence-electron chi connectivity index (χ1n) is 7.58. The molecule has 2 aromatic rings. The first kappa shape index (κ1) is 16.7. The number of rotatable bonds is 6. The summed E-state index contributed by atoms with van der Waals surface area (Å²) in [6.45, 7) is 4.92. The minimum Gasteiger partial charge on any atom is -0.506 e.